The van der Waals surface area contributed by atoms with Gasteiger partial charge in [-0.2, -0.15) is 0 Å². The average molecular weight is 455 g/mol. The van der Waals surface area contributed by atoms with Gasteiger partial charge in [-0.15, -0.1) is 0 Å². The van der Waals surface area contributed by atoms with E-state index in [1.165, 1.54) is 11.3 Å². The molecule has 2 aliphatic heterocycles. The summed E-state index contributed by atoms with van der Waals surface area (Å²) in [6.45, 7) is 7.23. The lowest BCUT2D eigenvalue weighted by Gasteiger charge is -2.37. The van der Waals surface area contributed by atoms with Crippen molar-refractivity contribution in [2.45, 2.75) is 50.6 Å². The molecular formula is C24H30N4O3S. The third-order valence-electron chi connectivity index (χ3n) is 6.15. The smallest absolute Gasteiger partial charge is 0.263 e. The van der Waals surface area contributed by atoms with Crippen LogP contribution in [-0.2, 0) is 21.2 Å². The SMILES string of the molecule is CC(C)[C@H](N=C1NS(=O)(=O)c2ccccc21)C(=O)NCCN1c2ccccc2CC[C@H]1C. The summed E-state index contributed by atoms with van der Waals surface area (Å²) in [6.07, 6.45) is 2.16. The molecule has 2 aromatic carbocycles. The Labute approximate surface area is 190 Å². The minimum absolute atomic E-state index is 0.0885. The first-order valence-corrected chi connectivity index (χ1v) is 12.6. The van der Waals surface area contributed by atoms with Crippen molar-refractivity contribution in [3.05, 3.63) is 59.7 Å². The molecule has 0 spiro atoms. The highest BCUT2D eigenvalue weighted by Gasteiger charge is 2.32. The minimum atomic E-state index is -3.64. The molecule has 0 bridgehead atoms. The van der Waals surface area contributed by atoms with E-state index in [4.69, 9.17) is 0 Å². The van der Waals surface area contributed by atoms with Crippen molar-refractivity contribution in [1.29, 1.82) is 0 Å². The molecule has 0 aromatic heterocycles. The minimum Gasteiger partial charge on any atom is -0.367 e. The van der Waals surface area contributed by atoms with Gasteiger partial charge < -0.3 is 10.2 Å². The Bertz CT molecular complexity index is 1140. The number of hydrogen-bond donors (Lipinski definition) is 2. The number of nitrogens with one attached hydrogen (secondary N) is 2. The molecule has 2 aliphatic rings. The van der Waals surface area contributed by atoms with Gasteiger partial charge in [-0.05, 0) is 49.4 Å². The van der Waals surface area contributed by atoms with Crippen LogP contribution in [0.4, 0.5) is 5.69 Å². The molecule has 0 unspecified atom stereocenters. The fraction of sp³-hybridized carbons (Fsp3) is 0.417. The van der Waals surface area contributed by atoms with Crippen molar-refractivity contribution in [3.63, 3.8) is 0 Å². The third-order valence-corrected chi connectivity index (χ3v) is 7.54. The zero-order chi connectivity index (χ0) is 22.9. The topological polar surface area (TPSA) is 90.9 Å². The molecular weight excluding hydrogens is 424 g/mol. The number of fused-ring (bicyclic) bond motifs is 2. The fourth-order valence-corrected chi connectivity index (χ4v) is 5.62. The number of aryl methyl sites for hydroxylation is 1. The maximum Gasteiger partial charge on any atom is 0.263 e. The lowest BCUT2D eigenvalue weighted by atomic mass is 9.97. The third kappa shape index (κ3) is 4.37. The van der Waals surface area contributed by atoms with Gasteiger partial charge in [0.2, 0.25) is 5.91 Å². The molecule has 2 N–H and O–H groups in total. The first-order chi connectivity index (χ1) is 15.3. The number of carbonyl (C=O) groups is 1. The van der Waals surface area contributed by atoms with Crippen LogP contribution < -0.4 is 14.9 Å². The standard InChI is InChI=1S/C24H30N4O3S/c1-16(2)22(26-23-19-9-5-7-11-21(19)32(30,31)27-23)24(29)25-14-15-28-17(3)12-13-18-8-4-6-10-20(18)28/h4-11,16-17,22H,12-15H2,1-3H3,(H,25,29)(H,26,27)/t17-,22+/m1/s1. The summed E-state index contributed by atoms with van der Waals surface area (Å²) in [6, 6.07) is 14.8. The quantitative estimate of drug-likeness (QED) is 0.702. The predicted octanol–water partition coefficient (Wildman–Crippen LogP) is 2.71. The normalized spacial score (nSPS) is 21.1. The Morgan fingerprint density at radius 3 is 2.69 bits per heavy atom. The van der Waals surface area contributed by atoms with Crippen molar-refractivity contribution in [3.8, 4) is 0 Å². The van der Waals surface area contributed by atoms with Crippen LogP contribution in [0.2, 0.25) is 0 Å². The summed E-state index contributed by atoms with van der Waals surface area (Å²) in [7, 11) is -3.64. The number of rotatable bonds is 6. The number of nitrogens with zero attached hydrogens (tertiary/aromatic N) is 2. The molecule has 0 fully saturated rings. The van der Waals surface area contributed by atoms with E-state index in [-0.39, 0.29) is 22.6 Å². The zero-order valence-electron chi connectivity index (χ0n) is 18.7. The number of aliphatic imine (C=N–C) groups is 1. The first kappa shape index (κ1) is 22.3. The Morgan fingerprint density at radius 1 is 1.19 bits per heavy atom. The highest BCUT2D eigenvalue weighted by Crippen LogP contribution is 2.30. The molecule has 4 rings (SSSR count). The van der Waals surface area contributed by atoms with Gasteiger partial charge >= 0.3 is 0 Å². The van der Waals surface area contributed by atoms with Crippen molar-refractivity contribution in [2.24, 2.45) is 10.9 Å². The molecule has 32 heavy (non-hydrogen) atoms. The number of carbonyl (C=O) groups excluding carboxylic acids is 1. The zero-order valence-corrected chi connectivity index (χ0v) is 19.5. The number of amides is 1. The number of amidine groups is 1. The Morgan fingerprint density at radius 2 is 1.91 bits per heavy atom. The Hall–Kier alpha value is -2.87. The maximum atomic E-state index is 13.0. The van der Waals surface area contributed by atoms with E-state index < -0.39 is 16.1 Å². The number of sulfonamides is 1. The number of anilines is 1. The second kappa shape index (κ2) is 8.94. The van der Waals surface area contributed by atoms with Crippen LogP contribution in [0.15, 0.2) is 58.4 Å². The van der Waals surface area contributed by atoms with Gasteiger partial charge in [0.1, 0.15) is 11.9 Å². The van der Waals surface area contributed by atoms with E-state index in [9.17, 15) is 13.2 Å². The van der Waals surface area contributed by atoms with E-state index in [0.717, 1.165) is 12.8 Å². The molecule has 2 atom stereocenters. The highest BCUT2D eigenvalue weighted by atomic mass is 32.2. The fourth-order valence-electron chi connectivity index (χ4n) is 4.38. The monoisotopic (exact) mass is 454 g/mol. The van der Waals surface area contributed by atoms with Gasteiger partial charge in [-0.3, -0.25) is 14.5 Å². The van der Waals surface area contributed by atoms with E-state index >= 15 is 0 Å². The highest BCUT2D eigenvalue weighted by molar-refractivity contribution is 7.90. The van der Waals surface area contributed by atoms with Crippen LogP contribution in [0.5, 0.6) is 0 Å². The van der Waals surface area contributed by atoms with Gasteiger partial charge in [0.05, 0.1) is 4.90 Å². The summed E-state index contributed by atoms with van der Waals surface area (Å²) in [5, 5.41) is 3.02. The van der Waals surface area contributed by atoms with Crippen molar-refractivity contribution >= 4 is 27.5 Å². The average Bonchev–Trinajstić information content (AvgIpc) is 3.03. The molecule has 2 aromatic rings. The summed E-state index contributed by atoms with van der Waals surface area (Å²) in [4.78, 5) is 20.1. The number of para-hydroxylation sites is 1. The molecule has 8 heteroatoms. The summed E-state index contributed by atoms with van der Waals surface area (Å²) >= 11 is 0. The van der Waals surface area contributed by atoms with E-state index in [2.05, 4.69) is 45.1 Å². The molecule has 0 radical (unpaired) electrons. The maximum absolute atomic E-state index is 13.0. The second-order valence-electron chi connectivity index (χ2n) is 8.77. The lowest BCUT2D eigenvalue weighted by Crippen LogP contribution is -2.45. The van der Waals surface area contributed by atoms with Crippen LogP contribution in [0, 0.1) is 5.92 Å². The molecule has 170 valence electrons. The molecule has 0 aliphatic carbocycles. The van der Waals surface area contributed by atoms with E-state index in [1.807, 2.05) is 19.9 Å². The summed E-state index contributed by atoms with van der Waals surface area (Å²) < 4.78 is 27.2. The Kier molecular flexibility index (Phi) is 6.24. The van der Waals surface area contributed by atoms with Crippen LogP contribution in [0.3, 0.4) is 0 Å². The van der Waals surface area contributed by atoms with Crippen LogP contribution in [0.1, 0.15) is 38.3 Å². The van der Waals surface area contributed by atoms with Crippen molar-refractivity contribution in [2.75, 3.05) is 18.0 Å². The second-order valence-corrected chi connectivity index (χ2v) is 10.4. The first-order valence-electron chi connectivity index (χ1n) is 11.1. The van der Waals surface area contributed by atoms with Crippen molar-refractivity contribution in [1.82, 2.24) is 10.0 Å². The largest absolute Gasteiger partial charge is 0.367 e. The Balaban J connectivity index is 1.46. The lowest BCUT2D eigenvalue weighted by molar-refractivity contribution is -0.123. The van der Waals surface area contributed by atoms with Gasteiger partial charge in [0.15, 0.2) is 0 Å². The van der Waals surface area contributed by atoms with E-state index in [1.54, 1.807) is 24.3 Å². The van der Waals surface area contributed by atoms with Gasteiger partial charge in [0.25, 0.3) is 10.0 Å². The summed E-state index contributed by atoms with van der Waals surface area (Å²) in [5.74, 6) is -0.0588. The molecule has 7 nitrogen and oxygen atoms in total. The van der Waals surface area contributed by atoms with Crippen LogP contribution >= 0.6 is 0 Å². The van der Waals surface area contributed by atoms with Crippen molar-refractivity contribution < 1.29 is 13.2 Å². The summed E-state index contributed by atoms with van der Waals surface area (Å²) in [5.41, 5.74) is 3.08. The van der Waals surface area contributed by atoms with Gasteiger partial charge in [0, 0.05) is 30.4 Å². The molecule has 0 saturated heterocycles. The van der Waals surface area contributed by atoms with Crippen LogP contribution in [0.25, 0.3) is 0 Å². The molecule has 0 saturated carbocycles. The molecule has 1 amide bonds. The van der Waals surface area contributed by atoms with E-state index in [0.29, 0.717) is 24.7 Å². The predicted molar refractivity (Wildman–Crippen MR) is 127 cm³/mol. The van der Waals surface area contributed by atoms with Gasteiger partial charge in [-0.25, -0.2) is 8.42 Å². The number of hydrogen-bond acceptors (Lipinski definition) is 5. The molecule has 2 heterocycles. The number of benzene rings is 2. The van der Waals surface area contributed by atoms with Crippen LogP contribution in [-0.4, -0.2) is 45.3 Å². The van der Waals surface area contributed by atoms with Gasteiger partial charge in [-0.1, -0.05) is 44.2 Å².